The molecule has 0 unspecified atom stereocenters. The summed E-state index contributed by atoms with van der Waals surface area (Å²) in [4.78, 5) is 6.44. The molecule has 0 bridgehead atoms. The molecule has 2 N–H and O–H groups in total. The molecule has 2 aromatic rings. The van der Waals surface area contributed by atoms with Crippen molar-refractivity contribution >= 4 is 5.82 Å². The number of nitrogens with two attached hydrogens (primary N) is 1. The van der Waals surface area contributed by atoms with Gasteiger partial charge in [-0.3, -0.25) is 0 Å². The van der Waals surface area contributed by atoms with E-state index in [4.69, 9.17) is 15.2 Å². The number of rotatable bonds is 4. The number of nitrogens with zero attached hydrogens (tertiary/aromatic N) is 2. The van der Waals surface area contributed by atoms with Gasteiger partial charge in [-0.2, -0.15) is 18.2 Å². The smallest absolute Gasteiger partial charge is 0.451 e. The maximum absolute atomic E-state index is 12.6. The minimum atomic E-state index is -4.70. The number of hydrogen-bond acceptors (Lipinski definition) is 5. The Morgan fingerprint density at radius 3 is 2.43 bits per heavy atom. The number of nitrogen functional groups attached to an aromatic ring is 1. The van der Waals surface area contributed by atoms with Gasteiger partial charge in [0.25, 0.3) is 0 Å². The number of alkyl halides is 3. The molecule has 0 aliphatic rings. The fourth-order valence-electron chi connectivity index (χ4n) is 1.54. The third-order valence-electron chi connectivity index (χ3n) is 2.34. The van der Waals surface area contributed by atoms with Crippen LogP contribution in [-0.2, 0) is 6.18 Å². The molecular weight excluding hydrogens is 287 g/mol. The third-order valence-corrected chi connectivity index (χ3v) is 2.34. The van der Waals surface area contributed by atoms with E-state index in [2.05, 4.69) is 9.97 Å². The largest absolute Gasteiger partial charge is 0.490 e. The third kappa shape index (κ3) is 3.74. The lowest BCUT2D eigenvalue weighted by molar-refractivity contribution is -0.145. The molecule has 0 saturated carbocycles. The number of aromatic nitrogens is 2. The monoisotopic (exact) mass is 299 g/mol. The lowest BCUT2D eigenvalue weighted by Gasteiger charge is -2.12. The van der Waals surface area contributed by atoms with Gasteiger partial charge >= 0.3 is 6.18 Å². The maximum atomic E-state index is 12.6. The second-order valence-corrected chi connectivity index (χ2v) is 3.93. The zero-order chi connectivity index (χ0) is 15.5. The molecule has 0 amide bonds. The molecule has 0 aliphatic carbocycles. The first-order valence-corrected chi connectivity index (χ1v) is 6.01. The molecular formula is C13H12F3N3O2. The molecule has 0 aliphatic heterocycles. The summed E-state index contributed by atoms with van der Waals surface area (Å²) >= 11 is 0. The summed E-state index contributed by atoms with van der Waals surface area (Å²) in [5.41, 5.74) is 5.34. The summed E-state index contributed by atoms with van der Waals surface area (Å²) in [5.74, 6) is -1.36. The van der Waals surface area contributed by atoms with E-state index >= 15 is 0 Å². The highest BCUT2D eigenvalue weighted by atomic mass is 19.4. The Morgan fingerprint density at radius 2 is 1.81 bits per heavy atom. The number of para-hydroxylation sites is 2. The quantitative estimate of drug-likeness (QED) is 0.938. The van der Waals surface area contributed by atoms with Crippen LogP contribution in [0.25, 0.3) is 0 Å². The number of benzene rings is 1. The Labute approximate surface area is 118 Å². The molecule has 1 heterocycles. The van der Waals surface area contributed by atoms with Crippen LogP contribution in [0.4, 0.5) is 19.0 Å². The molecule has 1 aromatic carbocycles. The van der Waals surface area contributed by atoms with Crippen molar-refractivity contribution in [2.45, 2.75) is 13.1 Å². The molecule has 112 valence electrons. The first-order valence-electron chi connectivity index (χ1n) is 6.01. The van der Waals surface area contributed by atoms with Crippen LogP contribution in [-0.4, -0.2) is 16.6 Å². The summed E-state index contributed by atoms with van der Waals surface area (Å²) < 4.78 is 48.5. The van der Waals surface area contributed by atoms with E-state index in [1.807, 2.05) is 0 Å². The van der Waals surface area contributed by atoms with Crippen LogP contribution >= 0.6 is 0 Å². The molecule has 21 heavy (non-hydrogen) atoms. The van der Waals surface area contributed by atoms with Gasteiger partial charge in [-0.25, -0.2) is 4.98 Å². The Balaban J connectivity index is 2.34. The maximum Gasteiger partial charge on any atom is 0.451 e. The van der Waals surface area contributed by atoms with E-state index in [1.165, 1.54) is 0 Å². The van der Waals surface area contributed by atoms with Gasteiger partial charge in [0.15, 0.2) is 11.5 Å². The average Bonchev–Trinajstić information content (AvgIpc) is 2.40. The second-order valence-electron chi connectivity index (χ2n) is 3.93. The van der Waals surface area contributed by atoms with Crippen LogP contribution in [0.5, 0.6) is 17.4 Å². The fraction of sp³-hybridized carbons (Fsp3) is 0.231. The number of ether oxygens (including phenoxy) is 2. The number of anilines is 1. The van der Waals surface area contributed by atoms with Gasteiger partial charge in [0, 0.05) is 6.07 Å². The summed E-state index contributed by atoms with van der Waals surface area (Å²) in [7, 11) is 0. The molecule has 0 saturated heterocycles. The van der Waals surface area contributed by atoms with Crippen molar-refractivity contribution in [2.24, 2.45) is 0 Å². The van der Waals surface area contributed by atoms with Gasteiger partial charge < -0.3 is 15.2 Å². The van der Waals surface area contributed by atoms with E-state index in [-0.39, 0.29) is 17.4 Å². The van der Waals surface area contributed by atoms with Gasteiger partial charge in [0.1, 0.15) is 5.82 Å². The van der Waals surface area contributed by atoms with E-state index < -0.39 is 12.0 Å². The van der Waals surface area contributed by atoms with E-state index in [0.717, 1.165) is 6.07 Å². The van der Waals surface area contributed by atoms with Crippen molar-refractivity contribution in [2.75, 3.05) is 12.3 Å². The van der Waals surface area contributed by atoms with Crippen LogP contribution in [0.1, 0.15) is 12.7 Å². The normalized spacial score (nSPS) is 11.2. The van der Waals surface area contributed by atoms with Gasteiger partial charge in [-0.15, -0.1) is 0 Å². The van der Waals surface area contributed by atoms with Crippen molar-refractivity contribution < 1.29 is 22.6 Å². The number of hydrogen-bond donors (Lipinski definition) is 1. The van der Waals surface area contributed by atoms with Crippen LogP contribution in [0, 0.1) is 0 Å². The second kappa shape index (κ2) is 5.86. The SMILES string of the molecule is CCOc1ccccc1Oc1cc(N)nc(C(F)(F)F)n1. The van der Waals surface area contributed by atoms with Crippen LogP contribution in [0.3, 0.4) is 0 Å². The Morgan fingerprint density at radius 1 is 1.14 bits per heavy atom. The van der Waals surface area contributed by atoms with Gasteiger partial charge in [-0.1, -0.05) is 12.1 Å². The Bertz CT molecular complexity index is 632. The van der Waals surface area contributed by atoms with Gasteiger partial charge in [-0.05, 0) is 19.1 Å². The highest BCUT2D eigenvalue weighted by Crippen LogP contribution is 2.33. The molecule has 0 spiro atoms. The van der Waals surface area contributed by atoms with Crippen molar-refractivity contribution in [3.8, 4) is 17.4 Å². The first-order chi connectivity index (χ1) is 9.90. The van der Waals surface area contributed by atoms with Crippen molar-refractivity contribution in [1.29, 1.82) is 0 Å². The van der Waals surface area contributed by atoms with Crippen LogP contribution in [0.2, 0.25) is 0 Å². The van der Waals surface area contributed by atoms with E-state index in [9.17, 15) is 13.2 Å². The van der Waals surface area contributed by atoms with E-state index in [0.29, 0.717) is 12.4 Å². The molecule has 1 aromatic heterocycles. The zero-order valence-electron chi connectivity index (χ0n) is 11.0. The van der Waals surface area contributed by atoms with Crippen molar-refractivity contribution in [3.05, 3.63) is 36.2 Å². The molecule has 2 rings (SSSR count). The molecule has 0 radical (unpaired) electrons. The lowest BCUT2D eigenvalue weighted by Crippen LogP contribution is -2.13. The summed E-state index contributed by atoms with van der Waals surface area (Å²) in [6.07, 6.45) is -4.70. The number of halogens is 3. The first kappa shape index (κ1) is 14.9. The zero-order valence-corrected chi connectivity index (χ0v) is 11.0. The topological polar surface area (TPSA) is 70.3 Å². The molecule has 5 nitrogen and oxygen atoms in total. The van der Waals surface area contributed by atoms with Gasteiger partial charge in [0.2, 0.25) is 11.7 Å². The van der Waals surface area contributed by atoms with Gasteiger partial charge in [0.05, 0.1) is 6.61 Å². The average molecular weight is 299 g/mol. The predicted octanol–water partition coefficient (Wildman–Crippen LogP) is 3.27. The lowest BCUT2D eigenvalue weighted by atomic mass is 10.3. The summed E-state index contributed by atoms with van der Waals surface area (Å²) in [6.45, 7) is 2.17. The summed E-state index contributed by atoms with van der Waals surface area (Å²) in [5, 5.41) is 0. The molecule has 0 fully saturated rings. The standard InChI is InChI=1S/C13H12F3N3O2/c1-2-20-8-5-3-4-6-9(8)21-11-7-10(17)18-12(19-11)13(14,15)16/h3-7H,2H2,1H3,(H2,17,18,19). The Hall–Kier alpha value is -2.51. The highest BCUT2D eigenvalue weighted by molar-refractivity contribution is 5.43. The summed E-state index contributed by atoms with van der Waals surface area (Å²) in [6, 6.07) is 7.67. The highest BCUT2D eigenvalue weighted by Gasteiger charge is 2.35. The van der Waals surface area contributed by atoms with Crippen molar-refractivity contribution in [1.82, 2.24) is 9.97 Å². The Kier molecular flexibility index (Phi) is 4.15. The minimum absolute atomic E-state index is 0.241. The van der Waals surface area contributed by atoms with E-state index in [1.54, 1.807) is 31.2 Å². The minimum Gasteiger partial charge on any atom is -0.490 e. The van der Waals surface area contributed by atoms with Crippen LogP contribution < -0.4 is 15.2 Å². The molecule has 8 heteroatoms. The van der Waals surface area contributed by atoms with Crippen molar-refractivity contribution in [3.63, 3.8) is 0 Å². The molecule has 0 atom stereocenters. The predicted molar refractivity (Wildman–Crippen MR) is 69.1 cm³/mol. The van der Waals surface area contributed by atoms with Crippen LogP contribution in [0.15, 0.2) is 30.3 Å². The fourth-order valence-corrected chi connectivity index (χ4v) is 1.54.